The third-order valence-electron chi connectivity index (χ3n) is 6.52. The highest BCUT2D eigenvalue weighted by molar-refractivity contribution is 7.90. The molecule has 1 aromatic heterocycles. The lowest BCUT2D eigenvalue weighted by molar-refractivity contribution is -0.913. The van der Waals surface area contributed by atoms with Gasteiger partial charge in [-0.3, -0.25) is 9.28 Å². The number of rotatable bonds is 6. The maximum Gasteiger partial charge on any atom is 0.328 e. The summed E-state index contributed by atoms with van der Waals surface area (Å²) in [5.74, 6) is 0.459. The molecule has 1 fully saturated rings. The second-order valence-electron chi connectivity index (χ2n) is 8.77. The summed E-state index contributed by atoms with van der Waals surface area (Å²) in [6, 6.07) is 8.28. The molecule has 30 heavy (non-hydrogen) atoms. The molecule has 2 aliphatic heterocycles. The summed E-state index contributed by atoms with van der Waals surface area (Å²) in [7, 11) is 0.734. The molecule has 0 radical (unpaired) electrons. The Bertz CT molecular complexity index is 1030. The van der Waals surface area contributed by atoms with Crippen LogP contribution in [-0.2, 0) is 10.0 Å². The van der Waals surface area contributed by atoms with E-state index in [1.165, 1.54) is 6.07 Å². The standard InChI is InChI=1S/C21H29N5O3S/c1-25(14-16-26(2,17-15-25)21-22-10-7-11-23-21)13-6-5-12-24-20(27)18-8-3-4-9-19(18)30(24,28)29/h3-4,7-11H,5-6,12-17H2,1-2H3/q+2. The van der Waals surface area contributed by atoms with Crippen molar-refractivity contribution in [3.8, 4) is 0 Å². The number of piperazine rings is 1. The van der Waals surface area contributed by atoms with Crippen molar-refractivity contribution in [2.45, 2.75) is 17.7 Å². The summed E-state index contributed by atoms with van der Waals surface area (Å²) in [4.78, 5) is 21.5. The minimum atomic E-state index is -3.70. The lowest BCUT2D eigenvalue weighted by Gasteiger charge is -2.44. The predicted molar refractivity (Wildman–Crippen MR) is 114 cm³/mol. The van der Waals surface area contributed by atoms with Crippen LogP contribution in [0.1, 0.15) is 23.2 Å². The molecule has 1 aromatic carbocycles. The summed E-state index contributed by atoms with van der Waals surface area (Å²) < 4.78 is 28.0. The zero-order valence-corrected chi connectivity index (χ0v) is 18.4. The number of carbonyl (C=O) groups is 1. The Morgan fingerprint density at radius 3 is 2.30 bits per heavy atom. The van der Waals surface area contributed by atoms with Crippen LogP contribution in [0.25, 0.3) is 0 Å². The van der Waals surface area contributed by atoms with Gasteiger partial charge in [0.2, 0.25) is 0 Å². The number of carbonyl (C=O) groups excluding carboxylic acids is 1. The molecule has 8 nitrogen and oxygen atoms in total. The maximum absolute atomic E-state index is 12.6. The third kappa shape index (κ3) is 3.73. The second-order valence-corrected chi connectivity index (χ2v) is 10.6. The van der Waals surface area contributed by atoms with E-state index in [0.717, 1.165) is 58.4 Å². The number of hydrogen-bond donors (Lipinski definition) is 0. The predicted octanol–water partition coefficient (Wildman–Crippen LogP) is 1.50. The molecule has 0 spiro atoms. The van der Waals surface area contributed by atoms with Crippen LogP contribution in [0, 0.1) is 0 Å². The lowest BCUT2D eigenvalue weighted by Crippen LogP contribution is -2.65. The fourth-order valence-electron chi connectivity index (χ4n) is 4.34. The van der Waals surface area contributed by atoms with Crippen LogP contribution < -0.4 is 4.48 Å². The number of fused-ring (bicyclic) bond motifs is 1. The van der Waals surface area contributed by atoms with E-state index in [-0.39, 0.29) is 17.0 Å². The molecule has 3 heterocycles. The first kappa shape index (κ1) is 20.9. The van der Waals surface area contributed by atoms with Crippen LogP contribution >= 0.6 is 0 Å². The average Bonchev–Trinajstić information content (AvgIpc) is 2.95. The first-order chi connectivity index (χ1) is 14.3. The summed E-state index contributed by atoms with van der Waals surface area (Å²) in [6.07, 6.45) is 5.12. The molecule has 0 aliphatic carbocycles. The number of amides is 1. The molecule has 1 saturated heterocycles. The van der Waals surface area contributed by atoms with Gasteiger partial charge in [0, 0.05) is 18.9 Å². The van der Waals surface area contributed by atoms with Crippen molar-refractivity contribution in [2.75, 3.05) is 53.4 Å². The molecular weight excluding hydrogens is 402 g/mol. The van der Waals surface area contributed by atoms with E-state index in [4.69, 9.17) is 0 Å². The highest BCUT2D eigenvalue weighted by atomic mass is 32.2. The van der Waals surface area contributed by atoms with Crippen molar-refractivity contribution in [3.63, 3.8) is 0 Å². The van der Waals surface area contributed by atoms with E-state index >= 15 is 0 Å². The van der Waals surface area contributed by atoms with E-state index in [9.17, 15) is 13.2 Å². The summed E-state index contributed by atoms with van der Waals surface area (Å²) in [6.45, 7) is 5.16. The van der Waals surface area contributed by atoms with E-state index in [0.29, 0.717) is 6.42 Å². The molecule has 2 aromatic rings. The zero-order chi connectivity index (χ0) is 21.4. The molecule has 160 valence electrons. The number of unbranched alkanes of at least 4 members (excludes halogenated alkanes) is 1. The Kier molecular flexibility index (Phi) is 5.37. The first-order valence-electron chi connectivity index (χ1n) is 10.4. The maximum atomic E-state index is 12.6. The van der Waals surface area contributed by atoms with Crippen molar-refractivity contribution < 1.29 is 17.7 Å². The Balaban J connectivity index is 1.30. The minimum Gasteiger partial charge on any atom is -0.317 e. The molecule has 2 aliphatic rings. The Morgan fingerprint density at radius 2 is 1.63 bits per heavy atom. The fourth-order valence-corrected chi connectivity index (χ4v) is 5.95. The van der Waals surface area contributed by atoms with Gasteiger partial charge < -0.3 is 4.48 Å². The van der Waals surface area contributed by atoms with Gasteiger partial charge in [-0.15, -0.1) is 0 Å². The number of nitrogens with zero attached hydrogens (tertiary/aromatic N) is 5. The van der Waals surface area contributed by atoms with E-state index in [1.807, 2.05) is 6.07 Å². The van der Waals surface area contributed by atoms with Gasteiger partial charge in [0.25, 0.3) is 15.9 Å². The third-order valence-corrected chi connectivity index (χ3v) is 8.36. The van der Waals surface area contributed by atoms with Crippen LogP contribution in [0.5, 0.6) is 0 Å². The zero-order valence-electron chi connectivity index (χ0n) is 17.6. The normalized spacial score (nSPS) is 27.8. The quantitative estimate of drug-likeness (QED) is 0.512. The van der Waals surface area contributed by atoms with Crippen molar-refractivity contribution in [3.05, 3.63) is 48.3 Å². The Morgan fingerprint density at radius 1 is 0.967 bits per heavy atom. The largest absolute Gasteiger partial charge is 0.328 e. The molecule has 4 rings (SSSR count). The summed E-state index contributed by atoms with van der Waals surface area (Å²) in [5.41, 5.74) is 0.285. The summed E-state index contributed by atoms with van der Waals surface area (Å²) >= 11 is 0. The fraction of sp³-hybridized carbons (Fsp3) is 0.476. The second kappa shape index (κ2) is 7.72. The smallest absolute Gasteiger partial charge is 0.317 e. The lowest BCUT2D eigenvalue weighted by atomic mass is 10.2. The van der Waals surface area contributed by atoms with Gasteiger partial charge in [0.15, 0.2) is 0 Å². The number of quaternary nitrogens is 2. The molecule has 9 heteroatoms. The number of sulfonamides is 1. The van der Waals surface area contributed by atoms with Crippen molar-refractivity contribution >= 4 is 21.9 Å². The van der Waals surface area contributed by atoms with Crippen LogP contribution in [-0.4, -0.2) is 86.4 Å². The molecule has 0 saturated carbocycles. The van der Waals surface area contributed by atoms with Gasteiger partial charge in [0.1, 0.15) is 31.1 Å². The van der Waals surface area contributed by atoms with E-state index < -0.39 is 15.9 Å². The topological polar surface area (TPSA) is 80.2 Å². The van der Waals surface area contributed by atoms with Gasteiger partial charge in [-0.05, 0) is 31.0 Å². The average molecular weight is 432 g/mol. The number of benzene rings is 1. The summed E-state index contributed by atoms with van der Waals surface area (Å²) in [5, 5.41) is 0. The van der Waals surface area contributed by atoms with E-state index in [1.54, 1.807) is 30.6 Å². The van der Waals surface area contributed by atoms with Crippen molar-refractivity contribution in [1.29, 1.82) is 0 Å². The van der Waals surface area contributed by atoms with Crippen molar-refractivity contribution in [1.82, 2.24) is 18.8 Å². The highest BCUT2D eigenvalue weighted by Crippen LogP contribution is 2.30. The van der Waals surface area contributed by atoms with Gasteiger partial charge >= 0.3 is 5.95 Å². The Labute approximate surface area is 178 Å². The first-order valence-corrected chi connectivity index (χ1v) is 11.8. The molecule has 0 unspecified atom stereocenters. The number of likely N-dealkylation sites (N-methyl/N-ethyl adjacent to an activating group) is 2. The van der Waals surface area contributed by atoms with Crippen LogP contribution in [0.2, 0.25) is 0 Å². The Hall–Kier alpha value is -2.36. The number of aromatic nitrogens is 2. The van der Waals surface area contributed by atoms with E-state index in [2.05, 4.69) is 24.1 Å². The van der Waals surface area contributed by atoms with Gasteiger partial charge in [-0.25, -0.2) is 12.7 Å². The van der Waals surface area contributed by atoms with Crippen LogP contribution in [0.15, 0.2) is 47.6 Å². The number of hydrogen-bond acceptors (Lipinski definition) is 5. The van der Waals surface area contributed by atoms with Gasteiger partial charge in [-0.2, -0.15) is 9.97 Å². The van der Waals surface area contributed by atoms with Crippen LogP contribution in [0.4, 0.5) is 5.95 Å². The molecule has 1 amide bonds. The van der Waals surface area contributed by atoms with Crippen LogP contribution in [0.3, 0.4) is 0 Å². The minimum absolute atomic E-state index is 0.130. The van der Waals surface area contributed by atoms with Gasteiger partial charge in [0.05, 0.1) is 26.2 Å². The molecular formula is C21H29N5O3S+2. The highest BCUT2D eigenvalue weighted by Gasteiger charge is 2.42. The SMILES string of the molecule is C[N+]1(CCCCN2C(=O)c3ccccc3S2(=O)=O)CC[N+](C)(c2ncccn2)CC1. The molecule has 0 atom stereocenters. The molecule has 0 bridgehead atoms. The van der Waals surface area contributed by atoms with Gasteiger partial charge in [-0.1, -0.05) is 12.1 Å². The van der Waals surface area contributed by atoms with Crippen molar-refractivity contribution in [2.24, 2.45) is 0 Å². The molecule has 0 N–H and O–H groups in total. The monoisotopic (exact) mass is 431 g/mol.